The predicted molar refractivity (Wildman–Crippen MR) is 142 cm³/mol. The molecule has 0 bridgehead atoms. The molecular formula is C27H29N5O3S. The standard InChI is InChI=1S/C27H29N5O3S/c1-4-19-12-14-21(15-13-19)35-18(2)26(34)28-16-24-30-31-27(32(24)3)36-17-25(33)29-23-11-7-9-20-8-5-6-10-22(20)23/h5-15,18H,4,16-17H2,1-3H3,(H,28,34)(H,29,33)/t18-/m1/s1. The number of fused-ring (bicyclic) bond motifs is 1. The number of nitrogens with one attached hydrogen (secondary N) is 2. The first-order valence-corrected chi connectivity index (χ1v) is 12.7. The predicted octanol–water partition coefficient (Wildman–Crippen LogP) is 4.35. The molecule has 8 nitrogen and oxygen atoms in total. The summed E-state index contributed by atoms with van der Waals surface area (Å²) in [7, 11) is 1.81. The lowest BCUT2D eigenvalue weighted by Gasteiger charge is -2.15. The number of anilines is 1. The summed E-state index contributed by atoms with van der Waals surface area (Å²) in [6.07, 6.45) is 0.292. The summed E-state index contributed by atoms with van der Waals surface area (Å²) >= 11 is 1.29. The van der Waals surface area contributed by atoms with Crippen LogP contribution in [0.5, 0.6) is 5.75 Å². The van der Waals surface area contributed by atoms with Crippen LogP contribution >= 0.6 is 11.8 Å². The van der Waals surface area contributed by atoms with Gasteiger partial charge in [0, 0.05) is 18.1 Å². The van der Waals surface area contributed by atoms with Crippen molar-refractivity contribution in [3.8, 4) is 5.75 Å². The highest BCUT2D eigenvalue weighted by Gasteiger charge is 2.17. The van der Waals surface area contributed by atoms with Crippen molar-refractivity contribution in [3.63, 3.8) is 0 Å². The number of benzene rings is 3. The number of amides is 2. The van der Waals surface area contributed by atoms with Crippen LogP contribution < -0.4 is 15.4 Å². The Balaban J connectivity index is 1.27. The Bertz CT molecular complexity index is 1350. The summed E-state index contributed by atoms with van der Waals surface area (Å²) in [4.78, 5) is 25.1. The van der Waals surface area contributed by atoms with E-state index >= 15 is 0 Å². The van der Waals surface area contributed by atoms with Gasteiger partial charge in [-0.15, -0.1) is 10.2 Å². The zero-order valence-corrected chi connectivity index (χ0v) is 21.3. The second kappa shape index (κ2) is 11.7. The van der Waals surface area contributed by atoms with Gasteiger partial charge < -0.3 is 19.9 Å². The third-order valence-electron chi connectivity index (χ3n) is 5.76. The van der Waals surface area contributed by atoms with Crippen LogP contribution in [0, 0.1) is 0 Å². The van der Waals surface area contributed by atoms with E-state index in [1.807, 2.05) is 73.8 Å². The third-order valence-corrected chi connectivity index (χ3v) is 6.78. The van der Waals surface area contributed by atoms with E-state index < -0.39 is 6.10 Å². The van der Waals surface area contributed by atoms with Gasteiger partial charge in [0.1, 0.15) is 5.75 Å². The van der Waals surface area contributed by atoms with Crippen LogP contribution in [0.2, 0.25) is 0 Å². The van der Waals surface area contributed by atoms with Gasteiger partial charge in [-0.05, 0) is 42.5 Å². The second-order valence-electron chi connectivity index (χ2n) is 8.30. The van der Waals surface area contributed by atoms with Gasteiger partial charge in [0.25, 0.3) is 5.91 Å². The first kappa shape index (κ1) is 25.2. The number of aryl methyl sites for hydroxylation is 1. The van der Waals surface area contributed by atoms with Crippen molar-refractivity contribution < 1.29 is 14.3 Å². The van der Waals surface area contributed by atoms with Crippen LogP contribution in [-0.4, -0.2) is 38.4 Å². The number of thioether (sulfide) groups is 1. The molecule has 36 heavy (non-hydrogen) atoms. The monoisotopic (exact) mass is 503 g/mol. The molecule has 1 atom stereocenters. The fourth-order valence-corrected chi connectivity index (χ4v) is 4.38. The maximum Gasteiger partial charge on any atom is 0.261 e. The molecule has 0 radical (unpaired) electrons. The topological polar surface area (TPSA) is 98.1 Å². The molecule has 0 aliphatic heterocycles. The Labute approximate surface area is 214 Å². The Hall–Kier alpha value is -3.85. The van der Waals surface area contributed by atoms with Crippen LogP contribution in [0.25, 0.3) is 10.8 Å². The van der Waals surface area contributed by atoms with Crippen LogP contribution in [0.3, 0.4) is 0 Å². The molecule has 0 saturated carbocycles. The summed E-state index contributed by atoms with van der Waals surface area (Å²) in [5.74, 6) is 1.03. The van der Waals surface area contributed by atoms with Crippen molar-refractivity contribution in [1.82, 2.24) is 20.1 Å². The minimum absolute atomic E-state index is 0.132. The second-order valence-corrected chi connectivity index (χ2v) is 9.24. The number of aromatic nitrogens is 3. The minimum atomic E-state index is -0.655. The van der Waals surface area contributed by atoms with E-state index in [4.69, 9.17) is 4.74 Å². The SMILES string of the molecule is CCc1ccc(O[C@H](C)C(=O)NCc2nnc(SCC(=O)Nc3cccc4ccccc34)n2C)cc1. The maximum absolute atomic E-state index is 12.6. The number of nitrogens with zero attached hydrogens (tertiary/aromatic N) is 3. The number of ether oxygens (including phenoxy) is 1. The van der Waals surface area contributed by atoms with E-state index in [-0.39, 0.29) is 24.1 Å². The van der Waals surface area contributed by atoms with Crippen LogP contribution in [-0.2, 0) is 29.6 Å². The van der Waals surface area contributed by atoms with Crippen molar-refractivity contribution in [3.05, 3.63) is 78.1 Å². The smallest absolute Gasteiger partial charge is 0.261 e. The zero-order valence-electron chi connectivity index (χ0n) is 20.5. The number of carbonyl (C=O) groups is 2. The Morgan fingerprint density at radius 3 is 2.56 bits per heavy atom. The lowest BCUT2D eigenvalue weighted by atomic mass is 10.1. The van der Waals surface area contributed by atoms with Crippen molar-refractivity contribution in [2.75, 3.05) is 11.1 Å². The molecule has 0 aliphatic carbocycles. The van der Waals surface area contributed by atoms with E-state index in [1.165, 1.54) is 17.3 Å². The average molecular weight is 504 g/mol. The Morgan fingerprint density at radius 1 is 1.03 bits per heavy atom. The average Bonchev–Trinajstić information content (AvgIpc) is 3.25. The summed E-state index contributed by atoms with van der Waals surface area (Å²) in [6.45, 7) is 3.99. The molecule has 3 aromatic carbocycles. The van der Waals surface area contributed by atoms with Crippen LogP contribution in [0.15, 0.2) is 71.9 Å². The van der Waals surface area contributed by atoms with Gasteiger partial charge in [-0.2, -0.15) is 0 Å². The number of hydrogen-bond acceptors (Lipinski definition) is 6. The molecule has 1 aromatic heterocycles. The molecule has 2 amide bonds. The molecule has 186 valence electrons. The number of hydrogen-bond donors (Lipinski definition) is 2. The molecule has 4 rings (SSSR count). The summed E-state index contributed by atoms with van der Waals surface area (Å²) in [5.41, 5.74) is 1.99. The van der Waals surface area contributed by atoms with Crippen molar-refractivity contribution in [1.29, 1.82) is 0 Å². The van der Waals surface area contributed by atoms with Crippen LogP contribution in [0.1, 0.15) is 25.2 Å². The zero-order chi connectivity index (χ0) is 25.5. The number of carbonyl (C=O) groups excluding carboxylic acids is 2. The fraction of sp³-hybridized carbons (Fsp3) is 0.259. The summed E-state index contributed by atoms with van der Waals surface area (Å²) < 4.78 is 7.51. The first-order valence-electron chi connectivity index (χ1n) is 11.8. The maximum atomic E-state index is 12.6. The Morgan fingerprint density at radius 2 is 1.78 bits per heavy atom. The van der Waals surface area contributed by atoms with E-state index in [2.05, 4.69) is 27.8 Å². The van der Waals surface area contributed by atoms with Gasteiger partial charge >= 0.3 is 0 Å². The lowest BCUT2D eigenvalue weighted by molar-refractivity contribution is -0.127. The molecule has 0 saturated heterocycles. The van der Waals surface area contributed by atoms with Gasteiger partial charge in [-0.1, -0.05) is 67.2 Å². The van der Waals surface area contributed by atoms with E-state index in [0.717, 1.165) is 22.9 Å². The quantitative estimate of drug-likeness (QED) is 0.312. The highest BCUT2D eigenvalue weighted by atomic mass is 32.2. The van der Waals surface area contributed by atoms with E-state index in [9.17, 15) is 9.59 Å². The molecule has 0 fully saturated rings. The molecule has 1 heterocycles. The third kappa shape index (κ3) is 6.23. The van der Waals surface area contributed by atoms with E-state index in [1.54, 1.807) is 11.5 Å². The first-order chi connectivity index (χ1) is 17.4. The van der Waals surface area contributed by atoms with Gasteiger partial charge in [-0.25, -0.2) is 0 Å². The highest BCUT2D eigenvalue weighted by Crippen LogP contribution is 2.24. The van der Waals surface area contributed by atoms with Gasteiger partial charge in [0.05, 0.1) is 12.3 Å². The molecule has 0 spiro atoms. The summed E-state index contributed by atoms with van der Waals surface area (Å²) in [6, 6.07) is 21.4. The molecular weight excluding hydrogens is 474 g/mol. The molecule has 0 aliphatic rings. The molecule has 0 unspecified atom stereocenters. The van der Waals surface area contributed by atoms with Crippen molar-refractivity contribution in [2.45, 2.75) is 38.1 Å². The van der Waals surface area contributed by atoms with Crippen LogP contribution in [0.4, 0.5) is 5.69 Å². The van der Waals surface area contributed by atoms with Crippen molar-refractivity contribution >= 4 is 40.0 Å². The van der Waals surface area contributed by atoms with Gasteiger partial charge in [0.2, 0.25) is 5.91 Å². The van der Waals surface area contributed by atoms with Gasteiger partial charge in [0.15, 0.2) is 17.1 Å². The van der Waals surface area contributed by atoms with Gasteiger partial charge in [-0.3, -0.25) is 9.59 Å². The molecule has 2 N–H and O–H groups in total. The highest BCUT2D eigenvalue weighted by molar-refractivity contribution is 7.99. The number of rotatable bonds is 10. The fourth-order valence-electron chi connectivity index (χ4n) is 3.65. The lowest BCUT2D eigenvalue weighted by Crippen LogP contribution is -2.36. The minimum Gasteiger partial charge on any atom is -0.481 e. The van der Waals surface area contributed by atoms with Crippen molar-refractivity contribution in [2.24, 2.45) is 7.05 Å². The normalized spacial score (nSPS) is 11.8. The molecule has 4 aromatic rings. The molecule has 9 heteroatoms. The largest absolute Gasteiger partial charge is 0.481 e. The van der Waals surface area contributed by atoms with E-state index in [0.29, 0.717) is 16.7 Å². The Kier molecular flexibility index (Phi) is 8.22. The summed E-state index contributed by atoms with van der Waals surface area (Å²) in [5, 5.41) is 16.8.